The van der Waals surface area contributed by atoms with Crippen LogP contribution in [0.25, 0.3) is 0 Å². The lowest BCUT2D eigenvalue weighted by Crippen LogP contribution is -2.09. The fraction of sp³-hybridized carbons (Fsp3) is 0.217. The fourth-order valence-electron chi connectivity index (χ4n) is 3.61. The van der Waals surface area contributed by atoms with E-state index in [-0.39, 0.29) is 0 Å². The van der Waals surface area contributed by atoms with E-state index in [1.165, 1.54) is 0 Å². The van der Waals surface area contributed by atoms with Crippen LogP contribution in [0.1, 0.15) is 16.8 Å². The zero-order chi connectivity index (χ0) is 21.3. The Balaban J connectivity index is 2.05. The molecule has 30 heavy (non-hydrogen) atoms. The van der Waals surface area contributed by atoms with Gasteiger partial charge < -0.3 is 19.5 Å². The van der Waals surface area contributed by atoms with Crippen LogP contribution in [-0.4, -0.2) is 36.8 Å². The number of aryl methyl sites for hydroxylation is 1. The molecule has 0 unspecified atom stereocenters. The van der Waals surface area contributed by atoms with E-state index in [9.17, 15) is 0 Å². The van der Waals surface area contributed by atoms with Gasteiger partial charge in [-0.05, 0) is 25.1 Å². The van der Waals surface area contributed by atoms with Crippen molar-refractivity contribution in [1.29, 1.82) is 0 Å². The van der Waals surface area contributed by atoms with Gasteiger partial charge in [-0.25, -0.2) is 9.67 Å². The Kier molecular flexibility index (Phi) is 5.18. The van der Waals surface area contributed by atoms with Crippen LogP contribution < -0.4 is 19.5 Å². The topological polar surface area (TPSA) is 69.9 Å². The van der Waals surface area contributed by atoms with E-state index in [1.54, 1.807) is 27.4 Å². The highest BCUT2D eigenvalue weighted by atomic mass is 16.5. The van der Waals surface area contributed by atoms with Crippen LogP contribution >= 0.6 is 0 Å². The second kappa shape index (κ2) is 7.94. The second-order valence-corrected chi connectivity index (χ2v) is 6.79. The first-order valence-corrected chi connectivity index (χ1v) is 9.55. The predicted molar refractivity (Wildman–Crippen MR) is 118 cm³/mol. The van der Waals surface area contributed by atoms with E-state index < -0.39 is 0 Å². The lowest BCUT2D eigenvalue weighted by atomic mass is 9.99. The minimum Gasteiger partial charge on any atom is -0.496 e. The maximum absolute atomic E-state index is 5.63. The smallest absolute Gasteiger partial charge is 0.162 e. The standard InChI is InChI=1S/C23H24N4O3/c1-6-11-27-23-21(14(2)26-27)25-22(15-9-7-8-10-18(15)28-3)16-12-19(29-4)20(30-5)13-17(16)24-23/h6-10,12-13,24H,1,11H2,2-5H3. The number of allylic oxidation sites excluding steroid dienone is 1. The zero-order valence-electron chi connectivity index (χ0n) is 17.5. The number of aromatic nitrogens is 2. The summed E-state index contributed by atoms with van der Waals surface area (Å²) in [6, 6.07) is 11.7. The molecule has 2 aromatic carbocycles. The van der Waals surface area contributed by atoms with Gasteiger partial charge in [0.05, 0.1) is 45.0 Å². The van der Waals surface area contributed by atoms with E-state index in [4.69, 9.17) is 19.2 Å². The Bertz CT molecular complexity index is 1150. The lowest BCUT2D eigenvalue weighted by Gasteiger charge is -2.17. The Morgan fingerprint density at radius 1 is 1.00 bits per heavy atom. The highest BCUT2D eigenvalue weighted by Crippen LogP contribution is 2.43. The van der Waals surface area contributed by atoms with Gasteiger partial charge in [-0.3, -0.25) is 0 Å². The highest BCUT2D eigenvalue weighted by Gasteiger charge is 2.26. The summed E-state index contributed by atoms with van der Waals surface area (Å²) in [5.74, 6) is 2.77. The Labute approximate surface area is 175 Å². The first kappa shape index (κ1) is 19.6. The maximum atomic E-state index is 5.63. The normalized spacial score (nSPS) is 12.1. The summed E-state index contributed by atoms with van der Waals surface area (Å²) in [7, 11) is 4.89. The van der Waals surface area contributed by atoms with Gasteiger partial charge in [0, 0.05) is 17.2 Å². The molecule has 7 heteroatoms. The minimum atomic E-state index is 0.561. The van der Waals surface area contributed by atoms with Crippen molar-refractivity contribution < 1.29 is 14.2 Å². The first-order chi connectivity index (χ1) is 14.6. The molecular weight excluding hydrogens is 380 g/mol. The minimum absolute atomic E-state index is 0.561. The van der Waals surface area contributed by atoms with Crippen molar-refractivity contribution in [2.24, 2.45) is 4.99 Å². The van der Waals surface area contributed by atoms with Crippen LogP contribution in [-0.2, 0) is 6.54 Å². The van der Waals surface area contributed by atoms with E-state index >= 15 is 0 Å². The Morgan fingerprint density at radius 3 is 2.40 bits per heavy atom. The number of benzene rings is 2. The van der Waals surface area contributed by atoms with Crippen molar-refractivity contribution in [3.63, 3.8) is 0 Å². The largest absolute Gasteiger partial charge is 0.496 e. The van der Waals surface area contributed by atoms with Crippen molar-refractivity contribution >= 4 is 22.9 Å². The Morgan fingerprint density at radius 2 is 1.70 bits per heavy atom. The third-order valence-corrected chi connectivity index (χ3v) is 5.02. The molecule has 0 radical (unpaired) electrons. The molecule has 2 heterocycles. The highest BCUT2D eigenvalue weighted by molar-refractivity contribution is 6.20. The van der Waals surface area contributed by atoms with Gasteiger partial charge in [0.15, 0.2) is 17.3 Å². The summed E-state index contributed by atoms with van der Waals surface area (Å²) in [4.78, 5) is 5.05. The van der Waals surface area contributed by atoms with Gasteiger partial charge in [-0.1, -0.05) is 18.2 Å². The van der Waals surface area contributed by atoms with E-state index in [0.29, 0.717) is 18.0 Å². The molecule has 0 atom stereocenters. The first-order valence-electron chi connectivity index (χ1n) is 9.55. The number of nitrogens with one attached hydrogen (secondary N) is 1. The van der Waals surface area contributed by atoms with Crippen molar-refractivity contribution in [2.45, 2.75) is 13.5 Å². The third-order valence-electron chi connectivity index (χ3n) is 5.02. The van der Waals surface area contributed by atoms with Gasteiger partial charge in [0.2, 0.25) is 0 Å². The summed E-state index contributed by atoms with van der Waals surface area (Å²) in [5, 5.41) is 8.13. The van der Waals surface area contributed by atoms with E-state index in [1.807, 2.05) is 48.0 Å². The molecule has 0 aliphatic carbocycles. The lowest BCUT2D eigenvalue weighted by molar-refractivity contribution is 0.355. The number of methoxy groups -OCH3 is 3. The number of ether oxygens (including phenoxy) is 3. The number of hydrogen-bond donors (Lipinski definition) is 1. The molecule has 3 aromatic rings. The quantitative estimate of drug-likeness (QED) is 0.475. The van der Waals surface area contributed by atoms with Crippen molar-refractivity contribution in [2.75, 3.05) is 26.6 Å². The monoisotopic (exact) mass is 404 g/mol. The number of rotatable bonds is 6. The number of hydrogen-bond acceptors (Lipinski definition) is 6. The average Bonchev–Trinajstić information content (AvgIpc) is 2.95. The van der Waals surface area contributed by atoms with Gasteiger partial charge in [-0.2, -0.15) is 5.10 Å². The van der Waals surface area contributed by atoms with Gasteiger partial charge in [0.25, 0.3) is 0 Å². The molecule has 4 rings (SSSR count). The molecular formula is C23H24N4O3. The summed E-state index contributed by atoms with van der Waals surface area (Å²) in [5.41, 5.74) is 4.93. The zero-order valence-corrected chi connectivity index (χ0v) is 17.5. The van der Waals surface area contributed by atoms with Crippen LogP contribution in [0.15, 0.2) is 54.0 Å². The number of para-hydroxylation sites is 1. The average molecular weight is 404 g/mol. The predicted octanol–water partition coefficient (Wildman–Crippen LogP) is 4.63. The van der Waals surface area contributed by atoms with Crippen molar-refractivity contribution in [3.05, 3.63) is 65.9 Å². The summed E-state index contributed by atoms with van der Waals surface area (Å²) in [6.45, 7) is 6.35. The SMILES string of the molecule is C=CCn1nc(C)c2c1Nc1cc(OC)c(OC)cc1C(c1ccccc1OC)=N2. The second-order valence-electron chi connectivity index (χ2n) is 6.79. The van der Waals surface area contributed by atoms with Crippen LogP contribution in [0.4, 0.5) is 17.2 Å². The van der Waals surface area contributed by atoms with Crippen LogP contribution in [0.2, 0.25) is 0 Å². The summed E-state index contributed by atoms with van der Waals surface area (Å²) < 4.78 is 18.6. The molecule has 0 fully saturated rings. The fourth-order valence-corrected chi connectivity index (χ4v) is 3.61. The van der Waals surface area contributed by atoms with Crippen molar-refractivity contribution in [3.8, 4) is 17.2 Å². The van der Waals surface area contributed by atoms with E-state index in [0.717, 1.165) is 45.5 Å². The van der Waals surface area contributed by atoms with Crippen LogP contribution in [0.3, 0.4) is 0 Å². The number of aliphatic imine (C=N–C) groups is 1. The molecule has 7 nitrogen and oxygen atoms in total. The van der Waals surface area contributed by atoms with Gasteiger partial charge >= 0.3 is 0 Å². The van der Waals surface area contributed by atoms with Crippen molar-refractivity contribution in [1.82, 2.24) is 9.78 Å². The number of anilines is 2. The molecule has 0 spiro atoms. The molecule has 0 bridgehead atoms. The van der Waals surface area contributed by atoms with Crippen LogP contribution in [0, 0.1) is 6.92 Å². The molecule has 1 aromatic heterocycles. The molecule has 1 aliphatic heterocycles. The molecule has 0 saturated carbocycles. The molecule has 154 valence electrons. The van der Waals surface area contributed by atoms with Crippen LogP contribution in [0.5, 0.6) is 17.2 Å². The summed E-state index contributed by atoms with van der Waals surface area (Å²) in [6.07, 6.45) is 1.81. The number of nitrogens with zero attached hydrogens (tertiary/aromatic N) is 3. The number of fused-ring (bicyclic) bond motifs is 2. The molecule has 1 N–H and O–H groups in total. The third kappa shape index (κ3) is 3.18. The molecule has 0 amide bonds. The van der Waals surface area contributed by atoms with Gasteiger partial charge in [0.1, 0.15) is 11.4 Å². The van der Waals surface area contributed by atoms with Gasteiger partial charge in [-0.15, -0.1) is 6.58 Å². The maximum Gasteiger partial charge on any atom is 0.162 e. The Hall–Kier alpha value is -3.74. The molecule has 1 aliphatic rings. The molecule has 0 saturated heterocycles. The van der Waals surface area contributed by atoms with E-state index in [2.05, 4.69) is 17.0 Å². The summed E-state index contributed by atoms with van der Waals surface area (Å²) >= 11 is 0.